The molecule has 0 fully saturated rings. The van der Waals surface area contributed by atoms with E-state index in [-0.39, 0.29) is 11.9 Å². The zero-order chi connectivity index (χ0) is 13.1. The average molecular weight is 248 g/mol. The summed E-state index contributed by atoms with van der Waals surface area (Å²) in [5.41, 5.74) is 7.72. The third kappa shape index (κ3) is 2.39. The zero-order valence-electron chi connectivity index (χ0n) is 10.9. The van der Waals surface area contributed by atoms with E-state index < -0.39 is 0 Å². The van der Waals surface area contributed by atoms with Gasteiger partial charge in [0.05, 0.1) is 11.4 Å². The number of hydrogen-bond donors (Lipinski definition) is 2. The molecule has 5 nitrogen and oxygen atoms in total. The third-order valence-corrected chi connectivity index (χ3v) is 3.31. The van der Waals surface area contributed by atoms with Gasteiger partial charge in [0.2, 0.25) is 0 Å². The Hall–Kier alpha value is -1.78. The normalized spacial score (nSPS) is 18.9. The van der Waals surface area contributed by atoms with Gasteiger partial charge in [-0.2, -0.15) is 5.10 Å². The molecule has 1 unspecified atom stereocenters. The molecule has 0 bridgehead atoms. The fourth-order valence-corrected chi connectivity index (χ4v) is 2.30. The van der Waals surface area contributed by atoms with Crippen LogP contribution in [0.15, 0.2) is 12.2 Å². The van der Waals surface area contributed by atoms with Gasteiger partial charge >= 0.3 is 0 Å². The molecular formula is C13H20N4O. The molecule has 1 aliphatic carbocycles. The number of allylic oxidation sites excluding steroid dienone is 1. The summed E-state index contributed by atoms with van der Waals surface area (Å²) >= 11 is 0. The van der Waals surface area contributed by atoms with Crippen LogP contribution in [0.3, 0.4) is 0 Å². The van der Waals surface area contributed by atoms with Crippen molar-refractivity contribution >= 4 is 11.6 Å². The van der Waals surface area contributed by atoms with Crippen molar-refractivity contribution in [2.75, 3.05) is 5.73 Å². The van der Waals surface area contributed by atoms with Gasteiger partial charge < -0.3 is 11.1 Å². The lowest BCUT2D eigenvalue weighted by Crippen LogP contribution is -2.36. The number of aryl methyl sites for hydroxylation is 2. The van der Waals surface area contributed by atoms with Gasteiger partial charge in [0.1, 0.15) is 5.69 Å². The number of amides is 1. The standard InChI is InChI=1S/C13H20N4O/c1-3-10-11(14)12(17(2)16-10)13(18)15-9-7-5-4-6-8-9/h4-5,9H,3,6-8,14H2,1-2H3,(H,15,18). The SMILES string of the molecule is CCc1nn(C)c(C(=O)NC2CC=CCC2)c1N. The van der Waals surface area contributed by atoms with E-state index in [0.29, 0.717) is 11.4 Å². The maximum absolute atomic E-state index is 12.2. The molecule has 0 aliphatic heterocycles. The molecule has 0 saturated carbocycles. The molecule has 3 N–H and O–H groups in total. The van der Waals surface area contributed by atoms with Gasteiger partial charge in [-0.05, 0) is 25.7 Å². The van der Waals surface area contributed by atoms with Crippen LogP contribution in [0.25, 0.3) is 0 Å². The number of aromatic nitrogens is 2. The summed E-state index contributed by atoms with van der Waals surface area (Å²) in [6, 6.07) is 0.210. The molecule has 0 radical (unpaired) electrons. The van der Waals surface area contributed by atoms with Crippen molar-refractivity contribution in [1.29, 1.82) is 0 Å². The van der Waals surface area contributed by atoms with E-state index in [1.165, 1.54) is 0 Å². The fraction of sp³-hybridized carbons (Fsp3) is 0.538. The Morgan fingerprint density at radius 3 is 2.94 bits per heavy atom. The Morgan fingerprint density at radius 2 is 2.39 bits per heavy atom. The molecule has 1 aromatic heterocycles. The molecule has 1 heterocycles. The van der Waals surface area contributed by atoms with Gasteiger partial charge in [0.25, 0.3) is 5.91 Å². The van der Waals surface area contributed by atoms with E-state index in [1.54, 1.807) is 11.7 Å². The van der Waals surface area contributed by atoms with Crippen LogP contribution in [0, 0.1) is 0 Å². The van der Waals surface area contributed by atoms with Crippen molar-refractivity contribution in [3.8, 4) is 0 Å². The molecule has 0 saturated heterocycles. The highest BCUT2D eigenvalue weighted by atomic mass is 16.2. The van der Waals surface area contributed by atoms with Crippen molar-refractivity contribution in [3.63, 3.8) is 0 Å². The highest BCUT2D eigenvalue weighted by Crippen LogP contribution is 2.18. The predicted octanol–water partition coefficient (Wildman–Crippen LogP) is 1.40. The monoisotopic (exact) mass is 248 g/mol. The third-order valence-electron chi connectivity index (χ3n) is 3.31. The second-order valence-electron chi connectivity index (χ2n) is 4.64. The summed E-state index contributed by atoms with van der Waals surface area (Å²) < 4.78 is 1.57. The largest absolute Gasteiger partial charge is 0.395 e. The van der Waals surface area contributed by atoms with Crippen LogP contribution in [0.5, 0.6) is 0 Å². The second-order valence-corrected chi connectivity index (χ2v) is 4.64. The van der Waals surface area contributed by atoms with E-state index in [9.17, 15) is 4.79 Å². The van der Waals surface area contributed by atoms with E-state index in [0.717, 1.165) is 31.4 Å². The Morgan fingerprint density at radius 1 is 1.61 bits per heavy atom. The molecule has 2 rings (SSSR count). The van der Waals surface area contributed by atoms with Crippen molar-refractivity contribution in [2.24, 2.45) is 7.05 Å². The van der Waals surface area contributed by atoms with Crippen LogP contribution < -0.4 is 11.1 Å². The number of carbonyl (C=O) groups is 1. The number of nitrogens with zero attached hydrogens (tertiary/aromatic N) is 2. The molecule has 98 valence electrons. The van der Waals surface area contributed by atoms with E-state index in [2.05, 4.69) is 22.6 Å². The van der Waals surface area contributed by atoms with E-state index in [4.69, 9.17) is 5.73 Å². The lowest BCUT2D eigenvalue weighted by Gasteiger charge is -2.19. The molecule has 5 heteroatoms. The van der Waals surface area contributed by atoms with Crippen molar-refractivity contribution < 1.29 is 4.79 Å². The van der Waals surface area contributed by atoms with Gasteiger partial charge in [0.15, 0.2) is 0 Å². The van der Waals surface area contributed by atoms with Gasteiger partial charge in [-0.1, -0.05) is 19.1 Å². The predicted molar refractivity (Wildman–Crippen MR) is 71.2 cm³/mol. The van der Waals surface area contributed by atoms with Gasteiger partial charge in [-0.3, -0.25) is 9.48 Å². The van der Waals surface area contributed by atoms with Crippen LogP contribution in [0.2, 0.25) is 0 Å². The molecule has 1 atom stereocenters. The lowest BCUT2D eigenvalue weighted by atomic mass is 10.0. The average Bonchev–Trinajstić information content (AvgIpc) is 2.65. The summed E-state index contributed by atoms with van der Waals surface area (Å²) in [4.78, 5) is 12.2. The topological polar surface area (TPSA) is 72.9 Å². The Balaban J connectivity index is 2.13. The minimum Gasteiger partial charge on any atom is -0.395 e. The Kier molecular flexibility index (Phi) is 3.69. The first-order chi connectivity index (χ1) is 8.63. The van der Waals surface area contributed by atoms with Crippen molar-refractivity contribution in [1.82, 2.24) is 15.1 Å². The number of nitrogen functional groups attached to an aromatic ring is 1. The molecule has 1 aromatic rings. The maximum Gasteiger partial charge on any atom is 0.271 e. The van der Waals surface area contributed by atoms with Crippen molar-refractivity contribution in [3.05, 3.63) is 23.5 Å². The Bertz CT molecular complexity index is 476. The lowest BCUT2D eigenvalue weighted by molar-refractivity contribution is 0.0926. The van der Waals surface area contributed by atoms with Crippen LogP contribution in [-0.4, -0.2) is 21.7 Å². The highest BCUT2D eigenvalue weighted by Gasteiger charge is 2.21. The summed E-state index contributed by atoms with van der Waals surface area (Å²) in [7, 11) is 1.76. The number of anilines is 1. The minimum absolute atomic E-state index is 0.123. The molecule has 1 aliphatic rings. The maximum atomic E-state index is 12.2. The molecule has 18 heavy (non-hydrogen) atoms. The molecular weight excluding hydrogens is 228 g/mol. The summed E-state index contributed by atoms with van der Waals surface area (Å²) in [5, 5.41) is 7.28. The molecule has 0 aromatic carbocycles. The second kappa shape index (κ2) is 5.25. The smallest absolute Gasteiger partial charge is 0.271 e. The molecule has 1 amide bonds. The summed E-state index contributed by atoms with van der Waals surface area (Å²) in [5.74, 6) is -0.123. The van der Waals surface area contributed by atoms with E-state index >= 15 is 0 Å². The number of nitrogens with one attached hydrogen (secondary N) is 1. The zero-order valence-corrected chi connectivity index (χ0v) is 10.9. The fourth-order valence-electron chi connectivity index (χ4n) is 2.30. The quantitative estimate of drug-likeness (QED) is 0.794. The summed E-state index contributed by atoms with van der Waals surface area (Å²) in [6.07, 6.45) is 7.89. The van der Waals surface area contributed by atoms with Crippen LogP contribution in [0.1, 0.15) is 42.4 Å². The van der Waals surface area contributed by atoms with Gasteiger partial charge in [-0.25, -0.2) is 0 Å². The number of nitrogens with two attached hydrogens (primary N) is 1. The number of rotatable bonds is 3. The summed E-state index contributed by atoms with van der Waals surface area (Å²) in [6.45, 7) is 1.98. The minimum atomic E-state index is -0.123. The number of carbonyl (C=O) groups excluding carboxylic acids is 1. The van der Waals surface area contributed by atoms with Crippen LogP contribution in [-0.2, 0) is 13.5 Å². The van der Waals surface area contributed by atoms with Gasteiger partial charge in [-0.15, -0.1) is 0 Å². The highest BCUT2D eigenvalue weighted by molar-refractivity contribution is 5.98. The van der Waals surface area contributed by atoms with Gasteiger partial charge in [0, 0.05) is 13.1 Å². The Labute approximate surface area is 107 Å². The van der Waals surface area contributed by atoms with Crippen LogP contribution in [0.4, 0.5) is 5.69 Å². The van der Waals surface area contributed by atoms with Crippen LogP contribution >= 0.6 is 0 Å². The molecule has 0 spiro atoms. The first-order valence-electron chi connectivity index (χ1n) is 6.40. The first kappa shape index (κ1) is 12.7. The first-order valence-corrected chi connectivity index (χ1v) is 6.40. The van der Waals surface area contributed by atoms with Crippen molar-refractivity contribution in [2.45, 2.75) is 38.6 Å². The number of hydrogen-bond acceptors (Lipinski definition) is 3. The van der Waals surface area contributed by atoms with E-state index in [1.807, 2.05) is 6.92 Å².